The number of rotatable bonds is 3. The van der Waals surface area contributed by atoms with E-state index in [1.807, 2.05) is 0 Å². The van der Waals surface area contributed by atoms with E-state index in [0.29, 0.717) is 10.3 Å². The summed E-state index contributed by atoms with van der Waals surface area (Å²) in [5.74, 6) is -0.492. The van der Waals surface area contributed by atoms with Gasteiger partial charge in [0.2, 0.25) is 5.91 Å². The van der Waals surface area contributed by atoms with Crippen LogP contribution in [0.1, 0.15) is 5.56 Å². The van der Waals surface area contributed by atoms with Gasteiger partial charge in [0, 0.05) is 16.8 Å². The maximum atomic E-state index is 13.5. The number of nitrogens with zero attached hydrogens (tertiary/aromatic N) is 1. The molecule has 0 radical (unpaired) electrons. The van der Waals surface area contributed by atoms with Crippen molar-refractivity contribution in [3.8, 4) is 0 Å². The number of benzene rings is 1. The molecule has 0 unspecified atom stereocenters. The van der Waals surface area contributed by atoms with Crippen LogP contribution in [0.4, 0.5) is 10.2 Å². The number of nitrogens with one attached hydrogen (secondary N) is 1. The smallest absolute Gasteiger partial charge is 0.230 e. The fourth-order valence-corrected chi connectivity index (χ4v) is 2.10. The number of anilines is 1. The summed E-state index contributed by atoms with van der Waals surface area (Å²) in [5.41, 5.74) is 0.175. The van der Waals surface area contributed by atoms with Gasteiger partial charge < -0.3 is 5.32 Å². The van der Waals surface area contributed by atoms with Crippen LogP contribution in [-0.2, 0) is 11.2 Å². The molecule has 19 heavy (non-hydrogen) atoms. The van der Waals surface area contributed by atoms with E-state index < -0.39 is 5.82 Å². The number of aromatic nitrogens is 1. The van der Waals surface area contributed by atoms with Crippen LogP contribution >= 0.6 is 27.5 Å². The molecule has 0 aliphatic heterocycles. The lowest BCUT2D eigenvalue weighted by Crippen LogP contribution is -2.16. The maximum Gasteiger partial charge on any atom is 0.230 e. The Balaban J connectivity index is 2.12. The van der Waals surface area contributed by atoms with Crippen LogP contribution in [0.5, 0.6) is 0 Å². The van der Waals surface area contributed by atoms with Crippen molar-refractivity contribution in [1.29, 1.82) is 0 Å². The first kappa shape index (κ1) is 14.0. The van der Waals surface area contributed by atoms with Gasteiger partial charge in [0.1, 0.15) is 11.6 Å². The molecule has 2 rings (SSSR count). The summed E-state index contributed by atoms with van der Waals surface area (Å²) in [4.78, 5) is 15.8. The van der Waals surface area contributed by atoms with E-state index in [0.717, 1.165) is 0 Å². The van der Waals surface area contributed by atoms with E-state index in [4.69, 9.17) is 11.6 Å². The largest absolute Gasteiger partial charge is 0.309 e. The number of halogens is 3. The van der Waals surface area contributed by atoms with Gasteiger partial charge in [0.05, 0.1) is 10.9 Å². The molecule has 1 N–H and O–H groups in total. The zero-order valence-corrected chi connectivity index (χ0v) is 12.0. The fourth-order valence-electron chi connectivity index (χ4n) is 1.52. The Morgan fingerprint density at radius 1 is 1.37 bits per heavy atom. The van der Waals surface area contributed by atoms with Crippen molar-refractivity contribution >= 4 is 39.3 Å². The number of hydrogen-bond donors (Lipinski definition) is 1. The zero-order valence-electron chi connectivity index (χ0n) is 9.66. The average Bonchev–Trinajstić information content (AvgIpc) is 2.37. The SMILES string of the molecule is O=C(Cc1c(F)cccc1Cl)Nc1ncccc1Br. The monoisotopic (exact) mass is 342 g/mol. The normalized spacial score (nSPS) is 10.3. The van der Waals surface area contributed by atoms with Gasteiger partial charge in [-0.1, -0.05) is 17.7 Å². The summed E-state index contributed by atoms with van der Waals surface area (Å²) in [6.07, 6.45) is 1.41. The summed E-state index contributed by atoms with van der Waals surface area (Å²) in [6.45, 7) is 0. The van der Waals surface area contributed by atoms with E-state index in [-0.39, 0.29) is 22.9 Å². The van der Waals surface area contributed by atoms with Crippen LogP contribution in [-0.4, -0.2) is 10.9 Å². The number of carbonyl (C=O) groups excluding carboxylic acids is 1. The first-order valence-corrected chi connectivity index (χ1v) is 6.58. The van der Waals surface area contributed by atoms with E-state index in [1.165, 1.54) is 12.1 Å². The summed E-state index contributed by atoms with van der Waals surface area (Å²) < 4.78 is 14.2. The second-order valence-corrected chi connectivity index (χ2v) is 5.02. The van der Waals surface area contributed by atoms with E-state index >= 15 is 0 Å². The second-order valence-electron chi connectivity index (χ2n) is 3.76. The molecule has 0 saturated carbocycles. The minimum atomic E-state index is -0.497. The van der Waals surface area contributed by atoms with Gasteiger partial charge in [-0.3, -0.25) is 4.79 Å². The minimum Gasteiger partial charge on any atom is -0.309 e. The summed E-state index contributed by atoms with van der Waals surface area (Å²) in [5, 5.41) is 2.82. The number of pyridine rings is 1. The van der Waals surface area contributed by atoms with Crippen molar-refractivity contribution in [2.75, 3.05) is 5.32 Å². The highest BCUT2D eigenvalue weighted by Crippen LogP contribution is 2.21. The molecule has 6 heteroatoms. The summed E-state index contributed by atoms with van der Waals surface area (Å²) in [6, 6.07) is 7.79. The Bertz CT molecular complexity index is 601. The fraction of sp³-hybridized carbons (Fsp3) is 0.0769. The average molecular weight is 344 g/mol. The number of hydrogen-bond acceptors (Lipinski definition) is 2. The lowest BCUT2D eigenvalue weighted by Gasteiger charge is -2.08. The van der Waals surface area contributed by atoms with Gasteiger partial charge in [-0.2, -0.15) is 0 Å². The minimum absolute atomic E-state index is 0.144. The molecule has 98 valence electrons. The van der Waals surface area contributed by atoms with Gasteiger partial charge in [0.25, 0.3) is 0 Å². The Morgan fingerprint density at radius 3 is 2.84 bits per heavy atom. The lowest BCUT2D eigenvalue weighted by atomic mass is 10.1. The third-order valence-corrected chi connectivity index (χ3v) is 3.41. The molecule has 0 aliphatic carbocycles. The molecule has 0 bridgehead atoms. The van der Waals surface area contributed by atoms with Crippen molar-refractivity contribution in [3.63, 3.8) is 0 Å². The standard InChI is InChI=1S/C13H9BrClFN2O/c14-9-3-2-6-17-13(9)18-12(19)7-8-10(15)4-1-5-11(8)16/h1-6H,7H2,(H,17,18,19). The van der Waals surface area contributed by atoms with Gasteiger partial charge in [-0.15, -0.1) is 0 Å². The molecule has 0 atom stereocenters. The number of carbonyl (C=O) groups is 1. The van der Waals surface area contributed by atoms with E-state index in [1.54, 1.807) is 24.4 Å². The van der Waals surface area contributed by atoms with Crippen LogP contribution in [0.25, 0.3) is 0 Å². The second kappa shape index (κ2) is 6.12. The Kier molecular flexibility index (Phi) is 4.50. The molecule has 1 aromatic carbocycles. The molecule has 2 aromatic rings. The van der Waals surface area contributed by atoms with Crippen LogP contribution in [0.3, 0.4) is 0 Å². The highest BCUT2D eigenvalue weighted by atomic mass is 79.9. The zero-order chi connectivity index (χ0) is 13.8. The first-order valence-electron chi connectivity index (χ1n) is 5.41. The van der Waals surface area contributed by atoms with Gasteiger partial charge in [-0.25, -0.2) is 9.37 Å². The van der Waals surface area contributed by atoms with Gasteiger partial charge >= 0.3 is 0 Å². The Labute approximate surface area is 122 Å². The molecule has 0 aliphatic rings. The third-order valence-electron chi connectivity index (χ3n) is 2.42. The lowest BCUT2D eigenvalue weighted by molar-refractivity contribution is -0.115. The first-order chi connectivity index (χ1) is 9.08. The van der Waals surface area contributed by atoms with Crippen molar-refractivity contribution in [2.45, 2.75) is 6.42 Å². The molecule has 3 nitrogen and oxygen atoms in total. The molecule has 1 heterocycles. The van der Waals surface area contributed by atoms with Crippen LogP contribution in [0, 0.1) is 5.82 Å². The molecule has 0 fully saturated rings. The molecule has 1 amide bonds. The van der Waals surface area contributed by atoms with E-state index in [2.05, 4.69) is 26.2 Å². The number of amides is 1. The van der Waals surface area contributed by atoms with Crippen molar-refractivity contribution in [3.05, 3.63) is 57.4 Å². The van der Waals surface area contributed by atoms with Crippen molar-refractivity contribution < 1.29 is 9.18 Å². The maximum absolute atomic E-state index is 13.5. The van der Waals surface area contributed by atoms with Crippen molar-refractivity contribution in [1.82, 2.24) is 4.98 Å². The van der Waals surface area contributed by atoms with Crippen LogP contribution in [0.15, 0.2) is 41.0 Å². The Hall–Kier alpha value is -1.46. The molecule has 0 spiro atoms. The van der Waals surface area contributed by atoms with E-state index in [9.17, 15) is 9.18 Å². The van der Waals surface area contributed by atoms with Gasteiger partial charge in [0.15, 0.2) is 0 Å². The van der Waals surface area contributed by atoms with Crippen LogP contribution in [0.2, 0.25) is 5.02 Å². The predicted octanol–water partition coefficient (Wildman–Crippen LogP) is 3.82. The molecular formula is C13H9BrClFN2O. The molecule has 0 saturated heterocycles. The summed E-state index contributed by atoms with van der Waals surface area (Å²) in [7, 11) is 0. The topological polar surface area (TPSA) is 42.0 Å². The Morgan fingerprint density at radius 2 is 2.16 bits per heavy atom. The molecular weight excluding hydrogens is 335 g/mol. The predicted molar refractivity (Wildman–Crippen MR) is 75.7 cm³/mol. The molecule has 1 aromatic heterocycles. The quantitative estimate of drug-likeness (QED) is 0.920. The highest BCUT2D eigenvalue weighted by molar-refractivity contribution is 9.10. The van der Waals surface area contributed by atoms with Gasteiger partial charge in [-0.05, 0) is 40.2 Å². The third kappa shape index (κ3) is 3.52. The van der Waals surface area contributed by atoms with Crippen LogP contribution < -0.4 is 5.32 Å². The highest BCUT2D eigenvalue weighted by Gasteiger charge is 2.13. The van der Waals surface area contributed by atoms with Crippen molar-refractivity contribution in [2.24, 2.45) is 0 Å². The summed E-state index contributed by atoms with van der Waals surface area (Å²) >= 11 is 9.12.